The molecule has 4 nitrogen and oxygen atoms in total. The van der Waals surface area contributed by atoms with Gasteiger partial charge in [0.05, 0.1) is 5.02 Å². The standard InChI is InChI=1S/C11H15ClN2O2S/c1-7(2)14-9(11(15)16)6-17-10-8(12)4-3-5-13-10/h3-5,7,9,14H,6H2,1-2H3,(H,15,16). The summed E-state index contributed by atoms with van der Waals surface area (Å²) >= 11 is 7.28. The van der Waals surface area contributed by atoms with Crippen molar-refractivity contribution in [3.63, 3.8) is 0 Å². The van der Waals surface area contributed by atoms with Crippen LogP contribution in [0.1, 0.15) is 13.8 Å². The number of nitrogens with zero attached hydrogens (tertiary/aromatic N) is 1. The molecular weight excluding hydrogens is 260 g/mol. The lowest BCUT2D eigenvalue weighted by Crippen LogP contribution is -2.42. The molecule has 0 fully saturated rings. The van der Waals surface area contributed by atoms with Crippen molar-refractivity contribution in [3.8, 4) is 0 Å². The predicted octanol–water partition coefficient (Wildman–Crippen LogP) is 2.28. The zero-order valence-corrected chi connectivity index (χ0v) is 11.3. The van der Waals surface area contributed by atoms with Crippen LogP contribution in [0.15, 0.2) is 23.4 Å². The van der Waals surface area contributed by atoms with E-state index in [2.05, 4.69) is 10.3 Å². The zero-order valence-electron chi connectivity index (χ0n) is 9.68. The van der Waals surface area contributed by atoms with E-state index in [1.54, 1.807) is 18.3 Å². The van der Waals surface area contributed by atoms with Crippen molar-refractivity contribution in [2.75, 3.05) is 5.75 Å². The molecule has 0 saturated carbocycles. The van der Waals surface area contributed by atoms with E-state index in [-0.39, 0.29) is 6.04 Å². The van der Waals surface area contributed by atoms with Gasteiger partial charge in [-0.05, 0) is 12.1 Å². The van der Waals surface area contributed by atoms with E-state index in [1.807, 2.05) is 13.8 Å². The van der Waals surface area contributed by atoms with Crippen molar-refractivity contribution in [1.82, 2.24) is 10.3 Å². The van der Waals surface area contributed by atoms with Gasteiger partial charge in [0, 0.05) is 18.0 Å². The molecule has 0 bridgehead atoms. The normalized spacial score (nSPS) is 12.7. The largest absolute Gasteiger partial charge is 0.480 e. The molecule has 94 valence electrons. The van der Waals surface area contributed by atoms with Gasteiger partial charge in [-0.2, -0.15) is 0 Å². The SMILES string of the molecule is CC(C)NC(CSc1ncccc1Cl)C(=O)O. The van der Waals surface area contributed by atoms with Crippen molar-refractivity contribution in [1.29, 1.82) is 0 Å². The number of hydrogen-bond donors (Lipinski definition) is 2. The molecule has 17 heavy (non-hydrogen) atoms. The van der Waals surface area contributed by atoms with Crippen molar-refractivity contribution >= 4 is 29.3 Å². The Hall–Kier alpha value is -0.780. The fraction of sp³-hybridized carbons (Fsp3) is 0.455. The molecule has 1 unspecified atom stereocenters. The number of thioether (sulfide) groups is 1. The maximum atomic E-state index is 11.0. The number of aromatic nitrogens is 1. The van der Waals surface area contributed by atoms with Crippen molar-refractivity contribution in [2.24, 2.45) is 0 Å². The minimum atomic E-state index is -0.863. The van der Waals surface area contributed by atoms with Crippen LogP contribution in [0.4, 0.5) is 0 Å². The average Bonchev–Trinajstić information content (AvgIpc) is 2.25. The summed E-state index contributed by atoms with van der Waals surface area (Å²) in [6, 6.07) is 3.00. The van der Waals surface area contributed by atoms with Crippen LogP contribution in [0.3, 0.4) is 0 Å². The molecule has 1 atom stereocenters. The first-order valence-electron chi connectivity index (χ1n) is 5.23. The van der Waals surface area contributed by atoms with Crippen LogP contribution >= 0.6 is 23.4 Å². The van der Waals surface area contributed by atoms with Crippen molar-refractivity contribution in [3.05, 3.63) is 23.4 Å². The highest BCUT2D eigenvalue weighted by Gasteiger charge is 2.18. The quantitative estimate of drug-likeness (QED) is 0.780. The number of aliphatic carboxylic acids is 1. The number of carboxylic acids is 1. The maximum absolute atomic E-state index is 11.0. The fourth-order valence-corrected chi connectivity index (χ4v) is 2.42. The molecule has 0 amide bonds. The number of pyridine rings is 1. The molecule has 0 saturated heterocycles. The molecule has 2 N–H and O–H groups in total. The van der Waals surface area contributed by atoms with Crippen molar-refractivity contribution in [2.45, 2.75) is 31.0 Å². The Morgan fingerprint density at radius 3 is 2.88 bits per heavy atom. The van der Waals surface area contributed by atoms with E-state index < -0.39 is 12.0 Å². The highest BCUT2D eigenvalue weighted by Crippen LogP contribution is 2.24. The summed E-state index contributed by atoms with van der Waals surface area (Å²) in [7, 11) is 0. The van der Waals surface area contributed by atoms with Crippen molar-refractivity contribution < 1.29 is 9.90 Å². The predicted molar refractivity (Wildman–Crippen MR) is 69.7 cm³/mol. The summed E-state index contributed by atoms with van der Waals surface area (Å²) in [6.07, 6.45) is 1.64. The maximum Gasteiger partial charge on any atom is 0.321 e. The molecule has 1 rings (SSSR count). The van der Waals surface area contributed by atoms with Gasteiger partial charge in [0.25, 0.3) is 0 Å². The van der Waals surface area contributed by atoms with E-state index in [9.17, 15) is 4.79 Å². The third kappa shape index (κ3) is 4.93. The molecule has 0 aliphatic rings. The van der Waals surface area contributed by atoms with Gasteiger partial charge in [-0.1, -0.05) is 25.4 Å². The van der Waals surface area contributed by atoms with Crippen LogP contribution < -0.4 is 5.32 Å². The topological polar surface area (TPSA) is 62.2 Å². The van der Waals surface area contributed by atoms with Gasteiger partial charge in [0.2, 0.25) is 0 Å². The Morgan fingerprint density at radius 1 is 1.65 bits per heavy atom. The summed E-state index contributed by atoms with van der Waals surface area (Å²) in [5, 5.41) is 13.2. The molecule has 0 spiro atoms. The molecule has 1 heterocycles. The second-order valence-electron chi connectivity index (χ2n) is 3.81. The van der Waals surface area contributed by atoms with E-state index in [4.69, 9.17) is 16.7 Å². The molecule has 1 aromatic heterocycles. The van der Waals surface area contributed by atoms with E-state index in [1.165, 1.54) is 11.8 Å². The molecule has 6 heteroatoms. The Bertz CT molecular complexity index is 387. The van der Waals surface area contributed by atoms with Crippen LogP contribution in [-0.2, 0) is 4.79 Å². The van der Waals surface area contributed by atoms with Crippen LogP contribution in [0.2, 0.25) is 5.02 Å². The lowest BCUT2D eigenvalue weighted by Gasteiger charge is -2.16. The smallest absolute Gasteiger partial charge is 0.321 e. The number of rotatable bonds is 6. The molecular formula is C11H15ClN2O2S. The van der Waals surface area contributed by atoms with Gasteiger partial charge in [0.1, 0.15) is 11.1 Å². The van der Waals surface area contributed by atoms with Crippen LogP contribution in [0.25, 0.3) is 0 Å². The third-order valence-electron chi connectivity index (χ3n) is 1.94. The summed E-state index contributed by atoms with van der Waals surface area (Å²) in [5.41, 5.74) is 0. The summed E-state index contributed by atoms with van der Waals surface area (Å²) in [5.74, 6) is -0.470. The van der Waals surface area contributed by atoms with Crippen LogP contribution in [0, 0.1) is 0 Å². The lowest BCUT2D eigenvalue weighted by molar-refractivity contribution is -0.139. The number of nitrogens with one attached hydrogen (secondary N) is 1. The Morgan fingerprint density at radius 2 is 2.35 bits per heavy atom. The van der Waals surface area contributed by atoms with Gasteiger partial charge in [-0.15, -0.1) is 11.8 Å². The van der Waals surface area contributed by atoms with Gasteiger partial charge in [-0.3, -0.25) is 4.79 Å². The first-order chi connectivity index (χ1) is 8.00. The summed E-state index contributed by atoms with van der Waals surface area (Å²) in [6.45, 7) is 3.82. The fourth-order valence-electron chi connectivity index (χ4n) is 1.23. The van der Waals surface area contributed by atoms with Gasteiger partial charge in [-0.25, -0.2) is 4.98 Å². The Labute approximate surface area is 110 Å². The number of hydrogen-bond acceptors (Lipinski definition) is 4. The summed E-state index contributed by atoms with van der Waals surface area (Å²) < 4.78 is 0. The highest BCUT2D eigenvalue weighted by atomic mass is 35.5. The monoisotopic (exact) mass is 274 g/mol. The minimum Gasteiger partial charge on any atom is -0.480 e. The zero-order chi connectivity index (χ0) is 12.8. The van der Waals surface area contributed by atoms with Crippen LogP contribution in [-0.4, -0.2) is 33.9 Å². The summed E-state index contributed by atoms with van der Waals surface area (Å²) in [4.78, 5) is 15.1. The molecule has 1 aromatic rings. The molecule has 0 aliphatic carbocycles. The Kier molecular flexibility index (Phi) is 5.74. The second-order valence-corrected chi connectivity index (χ2v) is 5.23. The molecule has 0 radical (unpaired) electrons. The first kappa shape index (κ1) is 14.3. The number of carbonyl (C=O) groups is 1. The lowest BCUT2D eigenvalue weighted by atomic mass is 10.3. The van der Waals surface area contributed by atoms with Gasteiger partial charge >= 0.3 is 5.97 Å². The van der Waals surface area contributed by atoms with E-state index >= 15 is 0 Å². The highest BCUT2D eigenvalue weighted by molar-refractivity contribution is 7.99. The average molecular weight is 275 g/mol. The van der Waals surface area contributed by atoms with E-state index in [0.717, 1.165) is 0 Å². The molecule has 0 aromatic carbocycles. The number of halogens is 1. The van der Waals surface area contributed by atoms with E-state index in [0.29, 0.717) is 15.8 Å². The first-order valence-corrected chi connectivity index (χ1v) is 6.59. The number of carboxylic acid groups (broad SMARTS) is 1. The third-order valence-corrected chi connectivity index (χ3v) is 3.46. The second kappa shape index (κ2) is 6.83. The minimum absolute atomic E-state index is 0.121. The molecule has 0 aliphatic heterocycles. The van der Waals surface area contributed by atoms with Crippen LogP contribution in [0.5, 0.6) is 0 Å². The Balaban J connectivity index is 2.58. The van der Waals surface area contributed by atoms with Gasteiger partial charge < -0.3 is 10.4 Å². The van der Waals surface area contributed by atoms with Gasteiger partial charge in [0.15, 0.2) is 0 Å².